The summed E-state index contributed by atoms with van der Waals surface area (Å²) in [5.41, 5.74) is 0. The number of unbranched alkanes of at least 4 members (excludes halogenated alkanes) is 3. The molecule has 1 aliphatic heterocycles. The summed E-state index contributed by atoms with van der Waals surface area (Å²) in [6, 6.07) is 0.0491. The number of rotatable bonds is 7. The minimum Gasteiger partial charge on any atom is -0.481 e. The van der Waals surface area contributed by atoms with Gasteiger partial charge in [0.15, 0.2) is 0 Å². The van der Waals surface area contributed by atoms with Crippen LogP contribution in [0.3, 0.4) is 0 Å². The van der Waals surface area contributed by atoms with E-state index in [1.165, 1.54) is 0 Å². The number of hydrogen-bond donors (Lipinski definition) is 2. The first-order valence-corrected chi connectivity index (χ1v) is 8.18. The Morgan fingerprint density at radius 3 is 2.68 bits per heavy atom. The standard InChI is InChI=1S/C13H24N2O3S/c16-12(17)6-3-1-2-4-7-14-13(18)15-8-5-10-19-11-9-15/h1-11H2,(H,14,18)(H,16,17). The molecule has 5 nitrogen and oxygen atoms in total. The number of nitrogens with one attached hydrogen (secondary N) is 1. The highest BCUT2D eigenvalue weighted by atomic mass is 32.2. The molecule has 0 aromatic carbocycles. The van der Waals surface area contributed by atoms with Crippen molar-refractivity contribution in [1.29, 1.82) is 0 Å². The molecular weight excluding hydrogens is 264 g/mol. The normalized spacial score (nSPS) is 15.9. The van der Waals surface area contributed by atoms with E-state index in [1.807, 2.05) is 16.7 Å². The maximum atomic E-state index is 11.9. The summed E-state index contributed by atoms with van der Waals surface area (Å²) >= 11 is 1.91. The molecule has 1 fully saturated rings. The van der Waals surface area contributed by atoms with E-state index in [2.05, 4.69) is 5.32 Å². The molecule has 19 heavy (non-hydrogen) atoms. The third-order valence-electron chi connectivity index (χ3n) is 3.10. The molecule has 0 saturated carbocycles. The lowest BCUT2D eigenvalue weighted by Gasteiger charge is -2.20. The minimum atomic E-state index is -0.729. The van der Waals surface area contributed by atoms with Crippen LogP contribution in [0.15, 0.2) is 0 Å². The second-order valence-electron chi connectivity index (χ2n) is 4.74. The third-order valence-corrected chi connectivity index (χ3v) is 4.15. The summed E-state index contributed by atoms with van der Waals surface area (Å²) < 4.78 is 0. The topological polar surface area (TPSA) is 69.6 Å². The van der Waals surface area contributed by atoms with Gasteiger partial charge in [0.05, 0.1) is 0 Å². The monoisotopic (exact) mass is 288 g/mol. The van der Waals surface area contributed by atoms with Crippen molar-refractivity contribution in [2.24, 2.45) is 0 Å². The van der Waals surface area contributed by atoms with E-state index < -0.39 is 5.97 Å². The van der Waals surface area contributed by atoms with Gasteiger partial charge in [0.1, 0.15) is 0 Å². The summed E-state index contributed by atoms with van der Waals surface area (Å²) in [6.07, 6.45) is 4.87. The molecule has 0 aromatic heterocycles. The number of nitrogens with zero attached hydrogens (tertiary/aromatic N) is 1. The molecule has 0 aliphatic carbocycles. The molecule has 1 heterocycles. The fourth-order valence-electron chi connectivity index (χ4n) is 2.01. The first-order valence-electron chi connectivity index (χ1n) is 7.02. The largest absolute Gasteiger partial charge is 0.481 e. The average molecular weight is 288 g/mol. The molecule has 110 valence electrons. The molecule has 0 bridgehead atoms. The van der Waals surface area contributed by atoms with Crippen LogP contribution >= 0.6 is 11.8 Å². The number of hydrogen-bond acceptors (Lipinski definition) is 3. The fraction of sp³-hybridized carbons (Fsp3) is 0.846. The van der Waals surface area contributed by atoms with Crippen LogP contribution in [0, 0.1) is 0 Å². The van der Waals surface area contributed by atoms with Crippen molar-refractivity contribution in [2.75, 3.05) is 31.1 Å². The van der Waals surface area contributed by atoms with E-state index in [0.717, 1.165) is 56.7 Å². The number of thioether (sulfide) groups is 1. The molecule has 2 N–H and O–H groups in total. The maximum absolute atomic E-state index is 11.9. The van der Waals surface area contributed by atoms with Crippen LogP contribution in [0.5, 0.6) is 0 Å². The highest BCUT2D eigenvalue weighted by Crippen LogP contribution is 2.10. The van der Waals surface area contributed by atoms with Crippen molar-refractivity contribution in [1.82, 2.24) is 10.2 Å². The number of urea groups is 1. The van der Waals surface area contributed by atoms with Crippen LogP contribution in [-0.4, -0.2) is 53.1 Å². The second-order valence-corrected chi connectivity index (χ2v) is 5.97. The van der Waals surface area contributed by atoms with Crippen LogP contribution in [0.1, 0.15) is 38.5 Å². The van der Waals surface area contributed by atoms with Gasteiger partial charge in [0.2, 0.25) is 0 Å². The molecule has 0 radical (unpaired) electrons. The summed E-state index contributed by atoms with van der Waals surface area (Å²) in [6.45, 7) is 2.39. The Labute approximate surface area is 119 Å². The van der Waals surface area contributed by atoms with Crippen molar-refractivity contribution in [3.63, 3.8) is 0 Å². The Balaban J connectivity index is 1.99. The van der Waals surface area contributed by atoms with Gasteiger partial charge in [-0.1, -0.05) is 12.8 Å². The fourth-order valence-corrected chi connectivity index (χ4v) is 2.90. The van der Waals surface area contributed by atoms with Crippen molar-refractivity contribution in [3.05, 3.63) is 0 Å². The van der Waals surface area contributed by atoms with Gasteiger partial charge >= 0.3 is 12.0 Å². The van der Waals surface area contributed by atoms with Crippen LogP contribution in [-0.2, 0) is 4.79 Å². The van der Waals surface area contributed by atoms with Crippen LogP contribution in [0.2, 0.25) is 0 Å². The number of carboxylic acids is 1. The molecule has 1 rings (SSSR count). The highest BCUT2D eigenvalue weighted by Gasteiger charge is 2.14. The predicted octanol–water partition coefficient (Wildman–Crippen LogP) is 2.17. The molecule has 2 amide bonds. The summed E-state index contributed by atoms with van der Waals surface area (Å²) in [5, 5.41) is 11.4. The SMILES string of the molecule is O=C(O)CCCCCCNC(=O)N1CCCSCC1. The number of carboxylic acid groups (broad SMARTS) is 1. The van der Waals surface area contributed by atoms with Gasteiger partial charge in [-0.2, -0.15) is 11.8 Å². The van der Waals surface area contributed by atoms with E-state index in [0.29, 0.717) is 6.54 Å². The Kier molecular flexibility index (Phi) is 8.45. The van der Waals surface area contributed by atoms with Gasteiger partial charge < -0.3 is 15.3 Å². The van der Waals surface area contributed by atoms with Gasteiger partial charge in [-0.15, -0.1) is 0 Å². The van der Waals surface area contributed by atoms with Crippen molar-refractivity contribution in [2.45, 2.75) is 38.5 Å². The zero-order valence-corrected chi connectivity index (χ0v) is 12.2. The maximum Gasteiger partial charge on any atom is 0.317 e. The first-order chi connectivity index (χ1) is 9.20. The molecule has 1 aliphatic rings. The minimum absolute atomic E-state index is 0.0491. The zero-order valence-electron chi connectivity index (χ0n) is 11.4. The molecule has 0 atom stereocenters. The Bertz CT molecular complexity index is 279. The van der Waals surface area contributed by atoms with Gasteiger partial charge in [0.25, 0.3) is 0 Å². The molecule has 0 aromatic rings. The number of aliphatic carboxylic acids is 1. The van der Waals surface area contributed by atoms with Gasteiger partial charge in [-0.25, -0.2) is 4.79 Å². The second kappa shape index (κ2) is 9.95. The van der Waals surface area contributed by atoms with Crippen molar-refractivity contribution in [3.8, 4) is 0 Å². The molecule has 0 unspecified atom stereocenters. The quantitative estimate of drug-likeness (QED) is 0.704. The summed E-state index contributed by atoms with van der Waals surface area (Å²) in [4.78, 5) is 24.1. The summed E-state index contributed by atoms with van der Waals surface area (Å²) in [7, 11) is 0. The third kappa shape index (κ3) is 7.97. The molecule has 1 saturated heterocycles. The smallest absolute Gasteiger partial charge is 0.317 e. The van der Waals surface area contributed by atoms with E-state index in [4.69, 9.17) is 5.11 Å². The van der Waals surface area contributed by atoms with E-state index in [1.54, 1.807) is 0 Å². The molecular formula is C13H24N2O3S. The molecule has 6 heteroatoms. The van der Waals surface area contributed by atoms with Crippen LogP contribution < -0.4 is 5.32 Å². The van der Waals surface area contributed by atoms with Crippen LogP contribution in [0.4, 0.5) is 4.79 Å². The molecule has 0 spiro atoms. The van der Waals surface area contributed by atoms with Gasteiger partial charge in [0, 0.05) is 31.8 Å². The first kappa shape index (κ1) is 16.1. The Morgan fingerprint density at radius 2 is 1.89 bits per heavy atom. The number of carbonyl (C=O) groups is 2. The van der Waals surface area contributed by atoms with E-state index in [9.17, 15) is 9.59 Å². The number of carbonyl (C=O) groups excluding carboxylic acids is 1. The van der Waals surface area contributed by atoms with Crippen molar-refractivity contribution >= 4 is 23.8 Å². The van der Waals surface area contributed by atoms with E-state index in [-0.39, 0.29) is 12.5 Å². The summed E-state index contributed by atoms with van der Waals surface area (Å²) in [5.74, 6) is 1.45. The van der Waals surface area contributed by atoms with Crippen molar-refractivity contribution < 1.29 is 14.7 Å². The van der Waals surface area contributed by atoms with Gasteiger partial charge in [-0.05, 0) is 25.0 Å². The average Bonchev–Trinajstić information content (AvgIpc) is 2.66. The Morgan fingerprint density at radius 1 is 1.11 bits per heavy atom. The van der Waals surface area contributed by atoms with Gasteiger partial charge in [-0.3, -0.25) is 4.79 Å². The lowest BCUT2D eigenvalue weighted by Crippen LogP contribution is -2.41. The predicted molar refractivity (Wildman–Crippen MR) is 77.6 cm³/mol. The highest BCUT2D eigenvalue weighted by molar-refractivity contribution is 7.99. The van der Waals surface area contributed by atoms with E-state index >= 15 is 0 Å². The zero-order chi connectivity index (χ0) is 13.9. The van der Waals surface area contributed by atoms with Crippen LogP contribution in [0.25, 0.3) is 0 Å². The lowest BCUT2D eigenvalue weighted by molar-refractivity contribution is -0.137. The Hall–Kier alpha value is -0.910. The number of amides is 2. The lowest BCUT2D eigenvalue weighted by atomic mass is 10.1.